The molecule has 126 valence electrons. The molecule has 0 aromatic heterocycles. The molecule has 0 spiro atoms. The van der Waals surface area contributed by atoms with E-state index in [1.165, 1.54) is 12.1 Å². The van der Waals surface area contributed by atoms with Gasteiger partial charge in [-0.15, -0.1) is 5.06 Å². The first-order valence-electron chi connectivity index (χ1n) is 7.72. The summed E-state index contributed by atoms with van der Waals surface area (Å²) in [4.78, 5) is 17.1. The molecule has 1 atom stereocenters. The number of carbonyl (C=O) groups is 1. The minimum Gasteiger partial charge on any atom is -0.489 e. The van der Waals surface area contributed by atoms with Crippen molar-refractivity contribution in [1.82, 2.24) is 5.06 Å². The highest BCUT2D eigenvalue weighted by Crippen LogP contribution is 2.32. The maximum Gasteiger partial charge on any atom is 0.416 e. The van der Waals surface area contributed by atoms with E-state index in [-0.39, 0.29) is 23.7 Å². The number of ether oxygens (including phenoxy) is 1. The molecule has 0 N–H and O–H groups in total. The van der Waals surface area contributed by atoms with E-state index in [9.17, 15) is 18.0 Å². The molecule has 7 heteroatoms. The second-order valence-electron chi connectivity index (χ2n) is 5.98. The average Bonchev–Trinajstić information content (AvgIpc) is 2.83. The van der Waals surface area contributed by atoms with Gasteiger partial charge in [-0.05, 0) is 31.0 Å². The first kappa shape index (κ1) is 16.1. The Morgan fingerprint density at radius 2 is 2.00 bits per heavy atom. The lowest BCUT2D eigenvalue weighted by molar-refractivity contribution is -0.194. The van der Waals surface area contributed by atoms with Crippen molar-refractivity contribution in [3.05, 3.63) is 29.8 Å². The third-order valence-corrected chi connectivity index (χ3v) is 4.23. The summed E-state index contributed by atoms with van der Waals surface area (Å²) in [6, 6.07) is 4.82. The summed E-state index contributed by atoms with van der Waals surface area (Å²) in [5.41, 5.74) is -0.735. The van der Waals surface area contributed by atoms with E-state index in [2.05, 4.69) is 0 Å². The van der Waals surface area contributed by atoms with Crippen molar-refractivity contribution < 1.29 is 27.5 Å². The molecule has 3 rings (SSSR count). The molecule has 23 heavy (non-hydrogen) atoms. The smallest absolute Gasteiger partial charge is 0.416 e. The second-order valence-corrected chi connectivity index (χ2v) is 5.98. The van der Waals surface area contributed by atoms with Crippen LogP contribution in [0.25, 0.3) is 0 Å². The second kappa shape index (κ2) is 6.39. The third kappa shape index (κ3) is 3.96. The topological polar surface area (TPSA) is 38.8 Å². The van der Waals surface area contributed by atoms with Crippen LogP contribution < -0.4 is 4.74 Å². The van der Waals surface area contributed by atoms with E-state index in [1.807, 2.05) is 0 Å². The van der Waals surface area contributed by atoms with Gasteiger partial charge in [-0.25, -0.2) is 0 Å². The van der Waals surface area contributed by atoms with Crippen LogP contribution in [0, 0.1) is 5.92 Å². The summed E-state index contributed by atoms with van der Waals surface area (Å²) in [5.74, 6) is -0.0357. The van der Waals surface area contributed by atoms with Crippen LogP contribution in [-0.4, -0.2) is 30.2 Å². The first-order valence-corrected chi connectivity index (χ1v) is 7.72. The SMILES string of the molecule is O=C(ON1CC[C@@H](Oc2cccc(C(F)(F)F)c2)C1)C1CCC1. The summed E-state index contributed by atoms with van der Waals surface area (Å²) in [7, 11) is 0. The Labute approximate surface area is 132 Å². The molecule has 0 unspecified atom stereocenters. The number of nitrogens with zero attached hydrogens (tertiary/aromatic N) is 1. The van der Waals surface area contributed by atoms with Crippen LogP contribution in [0.15, 0.2) is 24.3 Å². The Kier molecular flexibility index (Phi) is 4.48. The van der Waals surface area contributed by atoms with Crippen molar-refractivity contribution in [2.45, 2.75) is 38.0 Å². The molecule has 1 aromatic carbocycles. The van der Waals surface area contributed by atoms with Crippen LogP contribution in [0.2, 0.25) is 0 Å². The number of rotatable bonds is 4. The Bertz CT molecular complexity index is 572. The summed E-state index contributed by atoms with van der Waals surface area (Å²) in [6.07, 6.45) is -1.27. The molecule has 1 aromatic rings. The third-order valence-electron chi connectivity index (χ3n) is 4.23. The lowest BCUT2D eigenvalue weighted by atomic mass is 9.86. The van der Waals surface area contributed by atoms with E-state index in [4.69, 9.17) is 9.57 Å². The van der Waals surface area contributed by atoms with Gasteiger partial charge in [0, 0.05) is 13.0 Å². The van der Waals surface area contributed by atoms with Gasteiger partial charge >= 0.3 is 12.1 Å². The van der Waals surface area contributed by atoms with Gasteiger partial charge in [0.25, 0.3) is 0 Å². The fourth-order valence-corrected chi connectivity index (χ4v) is 2.66. The summed E-state index contributed by atoms with van der Waals surface area (Å²) >= 11 is 0. The predicted octanol–water partition coefficient (Wildman–Crippen LogP) is 3.42. The van der Waals surface area contributed by atoms with Gasteiger partial charge in [0.1, 0.15) is 11.9 Å². The van der Waals surface area contributed by atoms with E-state index >= 15 is 0 Å². The molecule has 1 aliphatic carbocycles. The largest absolute Gasteiger partial charge is 0.489 e. The van der Waals surface area contributed by atoms with Crippen molar-refractivity contribution in [1.29, 1.82) is 0 Å². The van der Waals surface area contributed by atoms with Crippen molar-refractivity contribution in [3.63, 3.8) is 0 Å². The maximum absolute atomic E-state index is 12.7. The zero-order valence-corrected chi connectivity index (χ0v) is 12.5. The van der Waals surface area contributed by atoms with E-state index in [0.29, 0.717) is 19.5 Å². The lowest BCUT2D eigenvalue weighted by Crippen LogP contribution is -2.33. The number of alkyl halides is 3. The van der Waals surface area contributed by atoms with Gasteiger partial charge < -0.3 is 9.57 Å². The molecule has 0 radical (unpaired) electrons. The molecular formula is C16H18F3NO3. The van der Waals surface area contributed by atoms with Crippen LogP contribution in [0.3, 0.4) is 0 Å². The molecule has 1 heterocycles. The predicted molar refractivity (Wildman–Crippen MR) is 75.5 cm³/mol. The normalized spacial score (nSPS) is 22.7. The van der Waals surface area contributed by atoms with Crippen LogP contribution in [0.5, 0.6) is 5.75 Å². The molecule has 2 aliphatic rings. The van der Waals surface area contributed by atoms with Crippen LogP contribution >= 0.6 is 0 Å². The highest BCUT2D eigenvalue weighted by molar-refractivity contribution is 5.72. The average molecular weight is 329 g/mol. The molecule has 1 saturated heterocycles. The van der Waals surface area contributed by atoms with Crippen molar-refractivity contribution in [3.8, 4) is 5.75 Å². The highest BCUT2D eigenvalue weighted by atomic mass is 19.4. The zero-order valence-electron chi connectivity index (χ0n) is 12.5. The zero-order chi connectivity index (χ0) is 16.4. The summed E-state index contributed by atoms with van der Waals surface area (Å²) in [6.45, 7) is 0.900. The fraction of sp³-hybridized carbons (Fsp3) is 0.562. The Hall–Kier alpha value is -1.76. The van der Waals surface area contributed by atoms with E-state index in [0.717, 1.165) is 31.4 Å². The first-order chi connectivity index (χ1) is 10.9. The van der Waals surface area contributed by atoms with E-state index < -0.39 is 11.7 Å². The minimum absolute atomic E-state index is 0.00145. The van der Waals surface area contributed by atoms with E-state index in [1.54, 1.807) is 5.06 Å². The van der Waals surface area contributed by atoms with Crippen LogP contribution in [-0.2, 0) is 15.8 Å². The Balaban J connectivity index is 1.52. The number of benzene rings is 1. The summed E-state index contributed by atoms with van der Waals surface area (Å²) in [5, 5.41) is 1.54. The van der Waals surface area contributed by atoms with Gasteiger partial charge in [0.2, 0.25) is 0 Å². The van der Waals surface area contributed by atoms with Crippen molar-refractivity contribution >= 4 is 5.97 Å². The van der Waals surface area contributed by atoms with Gasteiger partial charge in [0.05, 0.1) is 18.0 Å². The lowest BCUT2D eigenvalue weighted by Gasteiger charge is -2.25. The minimum atomic E-state index is -4.39. The highest BCUT2D eigenvalue weighted by Gasteiger charge is 2.33. The van der Waals surface area contributed by atoms with Gasteiger partial charge in [-0.1, -0.05) is 12.5 Å². The number of hydroxylamine groups is 2. The fourth-order valence-electron chi connectivity index (χ4n) is 2.66. The molecule has 0 amide bonds. The van der Waals surface area contributed by atoms with Crippen LogP contribution in [0.4, 0.5) is 13.2 Å². The maximum atomic E-state index is 12.7. The quantitative estimate of drug-likeness (QED) is 0.848. The molecule has 2 fully saturated rings. The van der Waals surface area contributed by atoms with Crippen LogP contribution in [0.1, 0.15) is 31.2 Å². The Morgan fingerprint density at radius 3 is 2.65 bits per heavy atom. The number of hydrogen-bond acceptors (Lipinski definition) is 4. The number of halogens is 3. The number of hydrogen-bond donors (Lipinski definition) is 0. The van der Waals surface area contributed by atoms with Crippen molar-refractivity contribution in [2.24, 2.45) is 5.92 Å². The standard InChI is InChI=1S/C16H18F3NO3/c17-16(18,19)12-5-2-6-13(9-12)22-14-7-8-20(10-14)23-15(21)11-3-1-4-11/h2,5-6,9,11,14H,1,3-4,7-8,10H2/t14-/m1/s1. The molecular weight excluding hydrogens is 311 g/mol. The summed E-state index contributed by atoms with van der Waals surface area (Å²) < 4.78 is 43.6. The molecule has 0 bridgehead atoms. The molecule has 4 nitrogen and oxygen atoms in total. The number of carbonyl (C=O) groups excluding carboxylic acids is 1. The van der Waals surface area contributed by atoms with Crippen molar-refractivity contribution in [2.75, 3.05) is 13.1 Å². The Morgan fingerprint density at radius 1 is 1.22 bits per heavy atom. The van der Waals surface area contributed by atoms with Gasteiger partial charge in [-0.2, -0.15) is 13.2 Å². The van der Waals surface area contributed by atoms with Gasteiger partial charge in [0.15, 0.2) is 0 Å². The van der Waals surface area contributed by atoms with Gasteiger partial charge in [-0.3, -0.25) is 4.79 Å². The molecule has 1 saturated carbocycles. The monoisotopic (exact) mass is 329 g/mol. The molecule has 1 aliphatic heterocycles.